The number of hydrogen-bond donors (Lipinski definition) is 2. The molecular weight excluding hydrogens is 430 g/mol. The summed E-state index contributed by atoms with van der Waals surface area (Å²) in [6.07, 6.45) is 1.46. The molecule has 150 valence electrons. The summed E-state index contributed by atoms with van der Waals surface area (Å²) in [6, 6.07) is 7.43. The quantitative estimate of drug-likeness (QED) is 0.651. The second-order valence-electron chi connectivity index (χ2n) is 6.95. The molecule has 0 radical (unpaired) electrons. The van der Waals surface area contributed by atoms with Gasteiger partial charge in [0.2, 0.25) is 11.8 Å². The topological polar surface area (TPSA) is 107 Å². The van der Waals surface area contributed by atoms with E-state index < -0.39 is 28.8 Å². The smallest absolute Gasteiger partial charge is 0.328 e. The molecule has 0 bridgehead atoms. The SMILES string of the molecule is O=C(NC1CCC(=O)N2CCC[C@H](C(=O)O)N2C1=O)[C@H](Br)Cc1ccccc1. The van der Waals surface area contributed by atoms with Gasteiger partial charge in [0.15, 0.2) is 6.04 Å². The number of halogens is 1. The van der Waals surface area contributed by atoms with E-state index in [0.717, 1.165) is 10.6 Å². The van der Waals surface area contributed by atoms with Gasteiger partial charge in [0, 0.05) is 13.0 Å². The highest BCUT2D eigenvalue weighted by atomic mass is 79.9. The van der Waals surface area contributed by atoms with E-state index >= 15 is 0 Å². The van der Waals surface area contributed by atoms with Gasteiger partial charge in [-0.1, -0.05) is 46.3 Å². The molecule has 2 aliphatic heterocycles. The first-order chi connectivity index (χ1) is 13.4. The number of hydrazine groups is 1. The lowest BCUT2D eigenvalue weighted by Crippen LogP contribution is -2.62. The van der Waals surface area contributed by atoms with Gasteiger partial charge in [0.05, 0.1) is 4.83 Å². The number of carbonyl (C=O) groups excluding carboxylic acids is 3. The van der Waals surface area contributed by atoms with Crippen LogP contribution in [0.15, 0.2) is 30.3 Å². The predicted molar refractivity (Wildman–Crippen MR) is 103 cm³/mol. The van der Waals surface area contributed by atoms with Crippen LogP contribution in [0.5, 0.6) is 0 Å². The summed E-state index contributed by atoms with van der Waals surface area (Å²) in [5.74, 6) is -2.37. The number of nitrogens with one attached hydrogen (secondary N) is 1. The Morgan fingerprint density at radius 1 is 1.21 bits per heavy atom. The molecule has 28 heavy (non-hydrogen) atoms. The Kier molecular flexibility index (Phi) is 6.33. The summed E-state index contributed by atoms with van der Waals surface area (Å²) in [5, 5.41) is 14.4. The van der Waals surface area contributed by atoms with Crippen LogP contribution in [0, 0.1) is 0 Å². The predicted octanol–water partition coefficient (Wildman–Crippen LogP) is 1.09. The molecule has 9 heteroatoms. The monoisotopic (exact) mass is 451 g/mol. The van der Waals surface area contributed by atoms with E-state index in [1.54, 1.807) is 0 Å². The Morgan fingerprint density at radius 3 is 2.61 bits per heavy atom. The van der Waals surface area contributed by atoms with Crippen LogP contribution in [-0.2, 0) is 25.6 Å². The standard InChI is InChI=1S/C19H22BrN3O5/c20-13(11-12-5-2-1-3-6-12)17(25)21-14-8-9-16(24)22-10-4-7-15(19(27)28)23(22)18(14)26/h1-3,5-6,13-15H,4,7-11H2,(H,21,25)(H,27,28)/t13-,14?,15-/m1/s1. The average molecular weight is 452 g/mol. The van der Waals surface area contributed by atoms with Crippen LogP contribution in [-0.4, -0.2) is 62.3 Å². The maximum Gasteiger partial charge on any atom is 0.328 e. The third-order valence-electron chi connectivity index (χ3n) is 5.01. The third-order valence-corrected chi connectivity index (χ3v) is 5.74. The minimum Gasteiger partial charge on any atom is -0.480 e. The Balaban J connectivity index is 1.72. The minimum absolute atomic E-state index is 0.0746. The Morgan fingerprint density at radius 2 is 1.93 bits per heavy atom. The fourth-order valence-electron chi connectivity index (χ4n) is 3.57. The summed E-state index contributed by atoms with van der Waals surface area (Å²) in [5.41, 5.74) is 0.968. The number of fused-ring (bicyclic) bond motifs is 1. The fourth-order valence-corrected chi connectivity index (χ4v) is 4.07. The van der Waals surface area contributed by atoms with E-state index in [4.69, 9.17) is 0 Å². The summed E-state index contributed by atoms with van der Waals surface area (Å²) in [4.78, 5) is 49.0. The molecule has 1 aromatic rings. The summed E-state index contributed by atoms with van der Waals surface area (Å²) in [7, 11) is 0. The highest BCUT2D eigenvalue weighted by molar-refractivity contribution is 9.10. The van der Waals surface area contributed by atoms with Gasteiger partial charge >= 0.3 is 5.97 Å². The van der Waals surface area contributed by atoms with Gasteiger partial charge in [-0.15, -0.1) is 0 Å². The molecule has 0 aromatic heterocycles. The number of rotatable bonds is 5. The van der Waals surface area contributed by atoms with Crippen LogP contribution in [0.1, 0.15) is 31.2 Å². The minimum atomic E-state index is -1.15. The number of carbonyl (C=O) groups is 4. The molecule has 3 amide bonds. The van der Waals surface area contributed by atoms with Crippen molar-refractivity contribution in [2.75, 3.05) is 6.54 Å². The van der Waals surface area contributed by atoms with Crippen molar-refractivity contribution in [3.05, 3.63) is 35.9 Å². The molecule has 2 saturated heterocycles. The van der Waals surface area contributed by atoms with Crippen molar-refractivity contribution in [3.63, 3.8) is 0 Å². The second kappa shape index (κ2) is 8.72. The maximum absolute atomic E-state index is 13.0. The fraction of sp³-hybridized carbons (Fsp3) is 0.474. The van der Waals surface area contributed by atoms with Gasteiger partial charge in [-0.25, -0.2) is 9.80 Å². The summed E-state index contributed by atoms with van der Waals surface area (Å²) < 4.78 is 0. The zero-order valence-electron chi connectivity index (χ0n) is 15.2. The van der Waals surface area contributed by atoms with E-state index in [1.807, 2.05) is 30.3 Å². The van der Waals surface area contributed by atoms with Crippen molar-refractivity contribution in [2.24, 2.45) is 0 Å². The van der Waals surface area contributed by atoms with E-state index in [1.165, 1.54) is 5.01 Å². The molecule has 3 atom stereocenters. The molecule has 1 unspecified atom stereocenters. The molecule has 2 aliphatic rings. The largest absolute Gasteiger partial charge is 0.480 e. The maximum atomic E-state index is 13.0. The Bertz CT molecular complexity index is 772. The molecule has 2 N–H and O–H groups in total. The first kappa shape index (κ1) is 20.3. The number of nitrogens with zero attached hydrogens (tertiary/aromatic N) is 2. The van der Waals surface area contributed by atoms with E-state index in [-0.39, 0.29) is 31.1 Å². The van der Waals surface area contributed by atoms with Crippen molar-refractivity contribution in [3.8, 4) is 0 Å². The van der Waals surface area contributed by atoms with Crippen molar-refractivity contribution < 1.29 is 24.3 Å². The lowest BCUT2D eigenvalue weighted by molar-refractivity contribution is -0.180. The molecule has 1 aromatic carbocycles. The molecule has 2 heterocycles. The van der Waals surface area contributed by atoms with Crippen LogP contribution in [0.2, 0.25) is 0 Å². The number of carboxylic acid groups (broad SMARTS) is 1. The lowest BCUT2D eigenvalue weighted by Gasteiger charge is -2.41. The number of carboxylic acids is 1. The average Bonchev–Trinajstić information content (AvgIpc) is 2.80. The van der Waals surface area contributed by atoms with Crippen molar-refractivity contribution in [1.82, 2.24) is 15.3 Å². The van der Waals surface area contributed by atoms with Crippen LogP contribution in [0.3, 0.4) is 0 Å². The summed E-state index contributed by atoms with van der Waals surface area (Å²) in [6.45, 7) is 0.310. The van der Waals surface area contributed by atoms with Crippen molar-refractivity contribution >= 4 is 39.6 Å². The first-order valence-electron chi connectivity index (χ1n) is 9.23. The van der Waals surface area contributed by atoms with Crippen LogP contribution >= 0.6 is 15.9 Å². The van der Waals surface area contributed by atoms with Gasteiger partial charge in [-0.3, -0.25) is 19.4 Å². The van der Waals surface area contributed by atoms with Gasteiger partial charge in [0.1, 0.15) is 6.04 Å². The first-order valence-corrected chi connectivity index (χ1v) is 10.1. The number of hydrogen-bond acceptors (Lipinski definition) is 4. The third kappa shape index (κ3) is 4.35. The second-order valence-corrected chi connectivity index (χ2v) is 8.06. The molecule has 8 nitrogen and oxygen atoms in total. The number of alkyl halides is 1. The van der Waals surface area contributed by atoms with Crippen molar-refractivity contribution in [2.45, 2.75) is 49.0 Å². The Hall–Kier alpha value is -2.42. The normalized spacial score (nSPS) is 23.6. The molecular formula is C19H22BrN3O5. The van der Waals surface area contributed by atoms with Crippen LogP contribution in [0.4, 0.5) is 0 Å². The summed E-state index contributed by atoms with van der Waals surface area (Å²) >= 11 is 3.35. The van der Waals surface area contributed by atoms with Gasteiger partial charge in [-0.05, 0) is 31.2 Å². The number of aliphatic carboxylic acids is 1. The molecule has 0 saturated carbocycles. The van der Waals surface area contributed by atoms with Gasteiger partial charge in [-0.2, -0.15) is 0 Å². The van der Waals surface area contributed by atoms with Gasteiger partial charge < -0.3 is 10.4 Å². The molecule has 0 aliphatic carbocycles. The number of benzene rings is 1. The molecule has 2 fully saturated rings. The zero-order valence-corrected chi connectivity index (χ0v) is 16.8. The van der Waals surface area contributed by atoms with E-state index in [9.17, 15) is 24.3 Å². The number of amides is 3. The highest BCUT2D eigenvalue weighted by Gasteiger charge is 2.44. The van der Waals surface area contributed by atoms with E-state index in [2.05, 4.69) is 21.2 Å². The van der Waals surface area contributed by atoms with E-state index in [0.29, 0.717) is 19.4 Å². The zero-order chi connectivity index (χ0) is 20.3. The van der Waals surface area contributed by atoms with Crippen molar-refractivity contribution in [1.29, 1.82) is 0 Å². The van der Waals surface area contributed by atoms with Gasteiger partial charge in [0.25, 0.3) is 5.91 Å². The molecule has 0 spiro atoms. The highest BCUT2D eigenvalue weighted by Crippen LogP contribution is 2.25. The Labute approximate surface area is 171 Å². The van der Waals surface area contributed by atoms with Crippen LogP contribution < -0.4 is 5.32 Å². The molecule has 3 rings (SSSR count). The van der Waals surface area contributed by atoms with Crippen LogP contribution in [0.25, 0.3) is 0 Å². The lowest BCUT2D eigenvalue weighted by atomic mass is 10.1.